The van der Waals surface area contributed by atoms with E-state index in [2.05, 4.69) is 14.5 Å². The van der Waals surface area contributed by atoms with Crippen LogP contribution in [0.2, 0.25) is 0 Å². The highest BCUT2D eigenvalue weighted by Gasteiger charge is 2.38. The van der Waals surface area contributed by atoms with Gasteiger partial charge in [-0.15, -0.1) is 13.2 Å². The molecule has 3 aromatic rings. The Balaban J connectivity index is 2.09. The molecule has 0 aliphatic rings. The van der Waals surface area contributed by atoms with Crippen molar-refractivity contribution in [1.82, 2.24) is 4.98 Å². The van der Waals surface area contributed by atoms with Crippen LogP contribution in [0.5, 0.6) is 23.0 Å². The van der Waals surface area contributed by atoms with Gasteiger partial charge >= 0.3 is 12.5 Å². The van der Waals surface area contributed by atoms with Gasteiger partial charge in [-0.25, -0.2) is 9.37 Å². The monoisotopic (exact) mass is 551 g/mol. The Morgan fingerprint density at radius 1 is 0.921 bits per heavy atom. The number of carbonyl (C=O) groups is 2. The number of primary amides is 1. The third-order valence-electron chi connectivity index (χ3n) is 4.60. The molecule has 202 valence electrons. The standard InChI is InChI=1S/C22H13F8N3O5/c1-36-18-13(5-4-12(17(18)24)38-22(28,29)30)37-11-3-2-10(21(25,26)27)16(23)15(11)20(35)33-14-8-9(19(31)34)6-7-32-14/h2-8H,1H3,(H2,31,34)(H,32,33,35). The van der Waals surface area contributed by atoms with Crippen molar-refractivity contribution in [3.8, 4) is 23.0 Å². The zero-order valence-corrected chi connectivity index (χ0v) is 18.6. The SMILES string of the molecule is COc1c(Oc2ccc(C(F)(F)F)c(F)c2C(=O)Nc2cc(C(N)=O)ccn2)ccc(OC(F)(F)F)c1F. The molecule has 0 fully saturated rings. The number of aromatic nitrogens is 1. The maximum atomic E-state index is 15.0. The molecular formula is C22H13F8N3O5. The summed E-state index contributed by atoms with van der Waals surface area (Å²) in [5.41, 5.74) is 1.74. The highest BCUT2D eigenvalue weighted by atomic mass is 19.4. The van der Waals surface area contributed by atoms with Crippen molar-refractivity contribution in [3.05, 3.63) is 70.9 Å². The van der Waals surface area contributed by atoms with E-state index in [0.29, 0.717) is 18.2 Å². The fourth-order valence-electron chi connectivity index (χ4n) is 3.02. The Hall–Kier alpha value is -4.63. The maximum absolute atomic E-state index is 15.0. The number of hydrogen-bond donors (Lipinski definition) is 2. The van der Waals surface area contributed by atoms with Gasteiger partial charge in [-0.1, -0.05) is 0 Å². The summed E-state index contributed by atoms with van der Waals surface area (Å²) in [6.07, 6.45) is -9.52. The van der Waals surface area contributed by atoms with Crippen LogP contribution >= 0.6 is 0 Å². The van der Waals surface area contributed by atoms with Crippen molar-refractivity contribution < 1.29 is 58.9 Å². The first-order valence-corrected chi connectivity index (χ1v) is 9.89. The van der Waals surface area contributed by atoms with E-state index in [9.17, 15) is 44.7 Å². The molecule has 0 unspecified atom stereocenters. The molecule has 0 aliphatic heterocycles. The van der Waals surface area contributed by atoms with Crippen molar-refractivity contribution >= 4 is 17.6 Å². The normalized spacial score (nSPS) is 11.6. The van der Waals surface area contributed by atoms with E-state index < -0.39 is 75.9 Å². The quantitative estimate of drug-likeness (QED) is 0.379. The lowest BCUT2D eigenvalue weighted by atomic mass is 10.1. The lowest BCUT2D eigenvalue weighted by Gasteiger charge is -2.18. The molecule has 1 aromatic heterocycles. The Labute approximate surface area is 206 Å². The Morgan fingerprint density at radius 3 is 2.13 bits per heavy atom. The van der Waals surface area contributed by atoms with E-state index in [0.717, 1.165) is 25.4 Å². The van der Waals surface area contributed by atoms with Gasteiger partial charge in [-0.05, 0) is 36.4 Å². The van der Waals surface area contributed by atoms with Gasteiger partial charge in [0.25, 0.3) is 5.91 Å². The molecule has 0 spiro atoms. The Kier molecular flexibility index (Phi) is 7.64. The van der Waals surface area contributed by atoms with Crippen LogP contribution in [-0.2, 0) is 6.18 Å². The first-order valence-electron chi connectivity index (χ1n) is 9.89. The zero-order chi connectivity index (χ0) is 28.4. The average Bonchev–Trinajstić information content (AvgIpc) is 2.79. The lowest BCUT2D eigenvalue weighted by molar-refractivity contribution is -0.275. The second-order valence-electron chi connectivity index (χ2n) is 7.11. The minimum atomic E-state index is -5.28. The first kappa shape index (κ1) is 27.9. The molecule has 0 atom stereocenters. The summed E-state index contributed by atoms with van der Waals surface area (Å²) in [7, 11) is 0.820. The van der Waals surface area contributed by atoms with E-state index in [1.807, 2.05) is 5.32 Å². The molecule has 2 amide bonds. The summed E-state index contributed by atoms with van der Waals surface area (Å²) in [5, 5.41) is 1.98. The third-order valence-corrected chi connectivity index (χ3v) is 4.60. The van der Waals surface area contributed by atoms with E-state index in [-0.39, 0.29) is 11.6 Å². The number of hydrogen-bond acceptors (Lipinski definition) is 6. The molecule has 1 heterocycles. The van der Waals surface area contributed by atoms with Crippen LogP contribution in [0, 0.1) is 11.6 Å². The van der Waals surface area contributed by atoms with Gasteiger partial charge < -0.3 is 25.3 Å². The molecule has 0 saturated heterocycles. The van der Waals surface area contributed by atoms with Gasteiger partial charge in [0.15, 0.2) is 17.3 Å². The van der Waals surface area contributed by atoms with Crippen molar-refractivity contribution in [2.24, 2.45) is 5.73 Å². The molecule has 0 saturated carbocycles. The topological polar surface area (TPSA) is 113 Å². The number of pyridine rings is 1. The van der Waals surface area contributed by atoms with Crippen LogP contribution in [0.15, 0.2) is 42.6 Å². The number of nitrogens with one attached hydrogen (secondary N) is 1. The molecule has 0 aliphatic carbocycles. The molecule has 16 heteroatoms. The van der Waals surface area contributed by atoms with Crippen LogP contribution in [0.3, 0.4) is 0 Å². The van der Waals surface area contributed by atoms with Gasteiger partial charge in [0.05, 0.1) is 12.7 Å². The maximum Gasteiger partial charge on any atom is 0.573 e. The van der Waals surface area contributed by atoms with Crippen LogP contribution in [0.25, 0.3) is 0 Å². The number of carbonyl (C=O) groups excluding carboxylic acids is 2. The molecule has 8 nitrogen and oxygen atoms in total. The summed E-state index contributed by atoms with van der Waals surface area (Å²) in [5.74, 6) is -10.7. The fourth-order valence-corrected chi connectivity index (χ4v) is 3.02. The molecule has 0 radical (unpaired) electrons. The van der Waals surface area contributed by atoms with Crippen molar-refractivity contribution in [2.45, 2.75) is 12.5 Å². The van der Waals surface area contributed by atoms with Gasteiger partial charge in [-0.2, -0.15) is 17.6 Å². The number of nitrogens with zero attached hydrogens (tertiary/aromatic N) is 1. The highest BCUT2D eigenvalue weighted by molar-refractivity contribution is 6.06. The molecular weight excluding hydrogens is 538 g/mol. The number of alkyl halides is 6. The van der Waals surface area contributed by atoms with E-state index >= 15 is 0 Å². The molecule has 0 bridgehead atoms. The van der Waals surface area contributed by atoms with Crippen molar-refractivity contribution in [2.75, 3.05) is 12.4 Å². The minimum Gasteiger partial charge on any atom is -0.490 e. The Morgan fingerprint density at radius 2 is 1.55 bits per heavy atom. The van der Waals surface area contributed by atoms with Gasteiger partial charge in [0.2, 0.25) is 17.5 Å². The summed E-state index contributed by atoms with van der Waals surface area (Å²) >= 11 is 0. The second kappa shape index (κ2) is 10.4. The van der Waals surface area contributed by atoms with Gasteiger partial charge in [0, 0.05) is 11.8 Å². The molecule has 3 rings (SSSR count). The van der Waals surface area contributed by atoms with Crippen molar-refractivity contribution in [1.29, 1.82) is 0 Å². The zero-order valence-electron chi connectivity index (χ0n) is 18.6. The predicted molar refractivity (Wildman–Crippen MR) is 112 cm³/mol. The number of methoxy groups -OCH3 is 1. The number of rotatable bonds is 7. The third kappa shape index (κ3) is 6.19. The highest BCUT2D eigenvalue weighted by Crippen LogP contribution is 2.42. The average molecular weight is 551 g/mol. The fraction of sp³-hybridized carbons (Fsp3) is 0.136. The van der Waals surface area contributed by atoms with Crippen molar-refractivity contribution in [3.63, 3.8) is 0 Å². The number of nitrogens with two attached hydrogens (primary N) is 1. The summed E-state index contributed by atoms with van der Waals surface area (Å²) in [6.45, 7) is 0. The Bertz CT molecular complexity index is 1390. The first-order chi connectivity index (χ1) is 17.6. The summed E-state index contributed by atoms with van der Waals surface area (Å²) < 4.78 is 120. The number of amides is 2. The predicted octanol–water partition coefficient (Wildman–Crippen LogP) is 5.43. The largest absolute Gasteiger partial charge is 0.573 e. The van der Waals surface area contributed by atoms with E-state index in [4.69, 9.17) is 10.5 Å². The lowest BCUT2D eigenvalue weighted by Crippen LogP contribution is -2.20. The van der Waals surface area contributed by atoms with E-state index in [1.54, 1.807) is 0 Å². The van der Waals surface area contributed by atoms with Crippen LogP contribution in [0.1, 0.15) is 26.3 Å². The van der Waals surface area contributed by atoms with Crippen LogP contribution in [0.4, 0.5) is 40.9 Å². The molecule has 38 heavy (non-hydrogen) atoms. The number of anilines is 1. The minimum absolute atomic E-state index is 0.155. The second-order valence-corrected chi connectivity index (χ2v) is 7.11. The molecule has 3 N–H and O–H groups in total. The van der Waals surface area contributed by atoms with Gasteiger partial charge in [0.1, 0.15) is 17.1 Å². The van der Waals surface area contributed by atoms with E-state index in [1.165, 1.54) is 0 Å². The number of benzene rings is 2. The van der Waals surface area contributed by atoms with Crippen LogP contribution in [-0.4, -0.2) is 30.3 Å². The number of ether oxygens (including phenoxy) is 3. The smallest absolute Gasteiger partial charge is 0.490 e. The molecule has 2 aromatic carbocycles. The van der Waals surface area contributed by atoms with Crippen LogP contribution < -0.4 is 25.3 Å². The summed E-state index contributed by atoms with van der Waals surface area (Å²) in [4.78, 5) is 27.8. The number of halogens is 8. The summed E-state index contributed by atoms with van der Waals surface area (Å²) in [6, 6.07) is 3.98. The van der Waals surface area contributed by atoms with Gasteiger partial charge in [-0.3, -0.25) is 9.59 Å².